The van der Waals surface area contributed by atoms with E-state index in [9.17, 15) is 0 Å². The fourth-order valence-corrected chi connectivity index (χ4v) is 7.82. The maximum Gasteiger partial charge on any atom is 0.198 e. The number of hydrazone groups is 1. The van der Waals surface area contributed by atoms with Crippen LogP contribution in [-0.4, -0.2) is 22.3 Å². The second kappa shape index (κ2) is 16.5. The molecule has 0 unspecified atom stereocenters. The van der Waals surface area contributed by atoms with E-state index in [0.717, 1.165) is 61.9 Å². The second-order valence-electron chi connectivity index (χ2n) is 14.2. The van der Waals surface area contributed by atoms with Gasteiger partial charge in [-0.05, 0) is 50.6 Å². The molecule has 5 nitrogen and oxygen atoms in total. The Kier molecular flexibility index (Phi) is 10.9. The molecule has 1 aliphatic rings. The molecule has 0 fully saturated rings. The molecule has 7 aromatic carbocycles. The van der Waals surface area contributed by atoms with Crippen molar-refractivity contribution in [3.8, 4) is 28.2 Å². The first kappa shape index (κ1) is 37.7. The van der Waals surface area contributed by atoms with Gasteiger partial charge in [-0.15, -0.1) is 42.6 Å². The summed E-state index contributed by atoms with van der Waals surface area (Å²) in [5, 5.41) is 12.3. The average molecular weight is 916 g/mol. The van der Waals surface area contributed by atoms with Gasteiger partial charge in [-0.25, -0.2) is 9.78 Å². The van der Waals surface area contributed by atoms with Crippen LogP contribution >= 0.6 is 0 Å². The Morgan fingerprint density at radius 2 is 1.12 bits per heavy atom. The molecule has 280 valence electrons. The topological polar surface area (TPSA) is 36.7 Å². The van der Waals surface area contributed by atoms with Gasteiger partial charge in [0.2, 0.25) is 0 Å². The van der Waals surface area contributed by atoms with Crippen LogP contribution in [0.5, 0.6) is 0 Å². The van der Waals surface area contributed by atoms with Gasteiger partial charge in [-0.2, -0.15) is 34.2 Å². The standard InChI is InChI=1S/C50H39BN5.Pt/c1-36-30-37(2)49(38(3)31-36)51(42-23-16-22-41(32-42)47-34-48(39-18-8-4-9-19-39)56(52-47)45-27-14-7-15-28-45)43-24-17-29-46(33-43)55-35-54(44-25-12-6-13-26-44)50(53-55)40-20-10-5-11-21-40;/h4-31,34-35H,1-3H3;/q-3;. The van der Waals surface area contributed by atoms with Crippen LogP contribution in [-0.2, 0) is 21.1 Å². The second-order valence-corrected chi connectivity index (χ2v) is 14.2. The van der Waals surface area contributed by atoms with Gasteiger partial charge in [0.1, 0.15) is 5.84 Å². The fraction of sp³-hybridized carbons (Fsp3) is 0.0600. The summed E-state index contributed by atoms with van der Waals surface area (Å²) in [5.74, 6) is 0.850. The van der Waals surface area contributed by atoms with E-state index < -0.39 is 0 Å². The first-order valence-electron chi connectivity index (χ1n) is 19.0. The minimum absolute atomic E-state index is 0. The van der Waals surface area contributed by atoms with Crippen molar-refractivity contribution in [3.05, 3.63) is 217 Å². The number of aryl methyl sites for hydroxylation is 3. The van der Waals surface area contributed by atoms with Crippen LogP contribution in [0.3, 0.4) is 0 Å². The quantitative estimate of drug-likeness (QED) is 0.107. The third-order valence-corrected chi connectivity index (χ3v) is 10.3. The van der Waals surface area contributed by atoms with Gasteiger partial charge < -0.3 is 9.91 Å². The normalized spacial score (nSPS) is 12.3. The van der Waals surface area contributed by atoms with Gasteiger partial charge >= 0.3 is 0 Å². The van der Waals surface area contributed by atoms with Crippen LogP contribution in [0.2, 0.25) is 0 Å². The molecule has 1 aromatic heterocycles. The summed E-state index contributed by atoms with van der Waals surface area (Å²) in [6.45, 7) is 8.49. The van der Waals surface area contributed by atoms with Crippen LogP contribution in [0.25, 0.3) is 28.2 Å². The molecule has 7 heteroatoms. The smallest absolute Gasteiger partial charge is 0.198 e. The van der Waals surface area contributed by atoms with Crippen LogP contribution in [0.15, 0.2) is 181 Å². The van der Waals surface area contributed by atoms with Gasteiger partial charge in [0.15, 0.2) is 6.71 Å². The Morgan fingerprint density at radius 1 is 0.561 bits per heavy atom. The monoisotopic (exact) mass is 915 g/mol. The molecule has 2 heterocycles. The van der Waals surface area contributed by atoms with Crippen LogP contribution in [0.1, 0.15) is 22.3 Å². The molecule has 0 saturated carbocycles. The molecule has 0 bridgehead atoms. The van der Waals surface area contributed by atoms with Crippen LogP contribution in [0, 0.1) is 39.6 Å². The van der Waals surface area contributed by atoms with E-state index in [1.54, 1.807) is 0 Å². The third-order valence-electron chi connectivity index (χ3n) is 10.3. The van der Waals surface area contributed by atoms with Crippen LogP contribution in [0.4, 0.5) is 11.4 Å². The zero-order valence-corrected chi connectivity index (χ0v) is 34.2. The predicted molar refractivity (Wildman–Crippen MR) is 233 cm³/mol. The number of benzene rings is 7. The maximum absolute atomic E-state index is 5.20. The number of hydrogen-bond donors (Lipinski definition) is 0. The van der Waals surface area contributed by atoms with Gasteiger partial charge in [-0.3, -0.25) is 0 Å². The molecule has 0 radical (unpaired) electrons. The summed E-state index contributed by atoms with van der Waals surface area (Å²) >= 11 is 0. The Labute approximate surface area is 350 Å². The molecule has 0 spiro atoms. The number of para-hydroxylation sites is 2. The van der Waals surface area contributed by atoms with Crippen LogP contribution < -0.4 is 26.3 Å². The Bertz CT molecular complexity index is 2580. The van der Waals surface area contributed by atoms with Crippen molar-refractivity contribution in [1.29, 1.82) is 0 Å². The van der Waals surface area contributed by atoms with E-state index in [0.29, 0.717) is 0 Å². The van der Waals surface area contributed by atoms with Gasteiger partial charge in [-0.1, -0.05) is 143 Å². The first-order chi connectivity index (χ1) is 27.5. The SMILES string of the molecule is Cc1cc(C)c(B(c2[c-]c(-c3cc(-c4ccccc4)n(-c4ccccc4)n3)ccc2)c2[c-]c(N3[CH-]N(c4ccccc4)C(c4ccccc4)=N3)ccc2)c(C)c1.[Pt]. The van der Waals surface area contributed by atoms with E-state index in [1.165, 1.54) is 22.2 Å². The Morgan fingerprint density at radius 3 is 1.77 bits per heavy atom. The van der Waals surface area contributed by atoms with Gasteiger partial charge in [0.25, 0.3) is 0 Å². The number of amidine groups is 1. The Balaban J connectivity index is 0.00000455. The van der Waals surface area contributed by atoms with Crippen molar-refractivity contribution in [1.82, 2.24) is 9.78 Å². The molecular weight excluding hydrogens is 876 g/mol. The molecule has 0 N–H and O–H groups in total. The molecule has 0 saturated heterocycles. The third kappa shape index (κ3) is 7.66. The molecule has 0 aliphatic carbocycles. The summed E-state index contributed by atoms with van der Waals surface area (Å²) < 4.78 is 2.03. The number of hydrogen-bond acceptors (Lipinski definition) is 4. The van der Waals surface area contributed by atoms with Gasteiger partial charge in [0, 0.05) is 38.0 Å². The summed E-state index contributed by atoms with van der Waals surface area (Å²) in [5.41, 5.74) is 14.9. The largest absolute Gasteiger partial charge is 0.456 e. The summed E-state index contributed by atoms with van der Waals surface area (Å²) in [7, 11) is 0. The molecule has 0 atom stereocenters. The summed E-state index contributed by atoms with van der Waals surface area (Å²) in [6, 6.07) is 68.6. The van der Waals surface area contributed by atoms with Crippen molar-refractivity contribution in [3.63, 3.8) is 0 Å². The van der Waals surface area contributed by atoms with Gasteiger partial charge in [0.05, 0.1) is 11.4 Å². The van der Waals surface area contributed by atoms with E-state index in [-0.39, 0.29) is 27.8 Å². The zero-order chi connectivity index (χ0) is 38.0. The zero-order valence-electron chi connectivity index (χ0n) is 32.0. The van der Waals surface area contributed by atoms with E-state index in [2.05, 4.69) is 165 Å². The number of rotatable bonds is 9. The van der Waals surface area contributed by atoms with Crippen molar-refractivity contribution >= 4 is 40.3 Å². The number of anilines is 2. The molecular formula is C50H39BN5Pt-3. The molecule has 8 aromatic rings. The van der Waals surface area contributed by atoms with E-state index in [4.69, 9.17) is 10.2 Å². The van der Waals surface area contributed by atoms with Crippen molar-refractivity contribution < 1.29 is 21.1 Å². The summed E-state index contributed by atoms with van der Waals surface area (Å²) in [6.07, 6.45) is 0. The first-order valence-corrected chi connectivity index (χ1v) is 19.0. The average Bonchev–Trinajstić information content (AvgIpc) is 3.90. The molecule has 57 heavy (non-hydrogen) atoms. The number of nitrogens with zero attached hydrogens (tertiary/aromatic N) is 5. The van der Waals surface area contributed by atoms with Crippen molar-refractivity contribution in [2.75, 3.05) is 9.91 Å². The van der Waals surface area contributed by atoms with Crippen molar-refractivity contribution in [2.24, 2.45) is 5.10 Å². The fourth-order valence-electron chi connectivity index (χ4n) is 7.82. The minimum Gasteiger partial charge on any atom is -0.456 e. The molecule has 0 amide bonds. The van der Waals surface area contributed by atoms with Crippen molar-refractivity contribution in [2.45, 2.75) is 20.8 Å². The molecule has 9 rings (SSSR count). The maximum atomic E-state index is 5.20. The number of aromatic nitrogens is 2. The van der Waals surface area contributed by atoms with E-state index in [1.807, 2.05) is 64.9 Å². The summed E-state index contributed by atoms with van der Waals surface area (Å²) in [4.78, 5) is 2.14. The molecule has 1 aliphatic heterocycles. The predicted octanol–water partition coefficient (Wildman–Crippen LogP) is 9.05. The minimum atomic E-state index is -0.147. The Hall–Kier alpha value is -6.23. The van der Waals surface area contributed by atoms with E-state index >= 15 is 0 Å².